The number of benzene rings is 1. The van der Waals surface area contributed by atoms with Gasteiger partial charge in [0.05, 0.1) is 0 Å². The quantitative estimate of drug-likeness (QED) is 0.755. The molecule has 104 valence electrons. The first-order valence-corrected chi connectivity index (χ1v) is 6.74. The number of hydrogen-bond donors (Lipinski definition) is 1. The van der Waals surface area contributed by atoms with Gasteiger partial charge in [-0.1, -0.05) is 39.0 Å². The van der Waals surface area contributed by atoms with E-state index in [1.54, 1.807) is 6.08 Å². The van der Waals surface area contributed by atoms with Crippen molar-refractivity contribution in [1.29, 1.82) is 0 Å². The first-order valence-electron chi connectivity index (χ1n) is 6.74. The zero-order valence-electron chi connectivity index (χ0n) is 11.8. The van der Waals surface area contributed by atoms with Gasteiger partial charge in [-0.2, -0.15) is 0 Å². The first-order chi connectivity index (χ1) is 9.10. The number of carboxylic acid groups (broad SMARTS) is 1. The summed E-state index contributed by atoms with van der Waals surface area (Å²) in [5, 5.41) is 8.93. The fourth-order valence-corrected chi connectivity index (χ4v) is 1.85. The number of ether oxygens (including phenoxy) is 1. The Balaban J connectivity index is 2.75. The summed E-state index contributed by atoms with van der Waals surface area (Å²) in [6, 6.07) is 7.93. The van der Waals surface area contributed by atoms with Crippen LogP contribution in [-0.2, 0) is 4.79 Å². The van der Waals surface area contributed by atoms with Crippen LogP contribution in [0.5, 0.6) is 5.75 Å². The second-order valence-corrected chi connectivity index (χ2v) is 4.55. The van der Waals surface area contributed by atoms with E-state index < -0.39 is 5.97 Å². The fraction of sp³-hybridized carbons (Fsp3) is 0.438. The summed E-state index contributed by atoms with van der Waals surface area (Å²) in [4.78, 5) is 10.9. The average molecular weight is 262 g/mol. The van der Waals surface area contributed by atoms with Gasteiger partial charge < -0.3 is 9.84 Å². The zero-order chi connectivity index (χ0) is 14.3. The minimum absolute atomic E-state index is 0.295. The molecule has 1 aromatic rings. The van der Waals surface area contributed by atoms with E-state index in [-0.39, 0.29) is 0 Å². The van der Waals surface area contributed by atoms with Crippen LogP contribution in [0.4, 0.5) is 0 Å². The van der Waals surface area contributed by atoms with E-state index in [2.05, 4.69) is 19.9 Å². The molecule has 0 amide bonds. The van der Waals surface area contributed by atoms with Gasteiger partial charge in [0.25, 0.3) is 0 Å². The molecule has 0 radical (unpaired) electrons. The van der Waals surface area contributed by atoms with E-state index in [9.17, 15) is 4.79 Å². The Labute approximate surface area is 114 Å². The smallest absolute Gasteiger partial charge is 0.331 e. The molecule has 1 N–H and O–H groups in total. The molecule has 0 aliphatic rings. The molecule has 19 heavy (non-hydrogen) atoms. The second kappa shape index (κ2) is 7.62. The minimum Gasteiger partial charge on any atom is -0.489 e. The van der Waals surface area contributed by atoms with Crippen molar-refractivity contribution >= 4 is 5.97 Å². The second-order valence-electron chi connectivity index (χ2n) is 4.55. The summed E-state index contributed by atoms with van der Waals surface area (Å²) in [5.74, 6) is 0.403. The SMILES string of the molecule is CCC(=CCOc1ccccc1C(C)CC)C(=O)O. The van der Waals surface area contributed by atoms with Gasteiger partial charge in [0.2, 0.25) is 0 Å². The van der Waals surface area contributed by atoms with E-state index in [0.29, 0.717) is 24.5 Å². The molecule has 0 fully saturated rings. The molecule has 1 rings (SSSR count). The largest absolute Gasteiger partial charge is 0.489 e. The molecule has 0 aliphatic carbocycles. The summed E-state index contributed by atoms with van der Waals surface area (Å²) in [5.41, 5.74) is 1.56. The highest BCUT2D eigenvalue weighted by Gasteiger charge is 2.09. The zero-order valence-corrected chi connectivity index (χ0v) is 11.8. The topological polar surface area (TPSA) is 46.5 Å². The van der Waals surface area contributed by atoms with E-state index in [1.807, 2.05) is 25.1 Å². The number of hydrogen-bond acceptors (Lipinski definition) is 2. The van der Waals surface area contributed by atoms with Gasteiger partial charge in [-0.05, 0) is 36.5 Å². The maximum atomic E-state index is 10.9. The lowest BCUT2D eigenvalue weighted by Crippen LogP contribution is -2.04. The van der Waals surface area contributed by atoms with Gasteiger partial charge in [-0.3, -0.25) is 0 Å². The molecule has 0 aromatic heterocycles. The normalized spacial score (nSPS) is 13.1. The van der Waals surface area contributed by atoms with Gasteiger partial charge in [0.1, 0.15) is 12.4 Å². The van der Waals surface area contributed by atoms with Gasteiger partial charge >= 0.3 is 5.97 Å². The summed E-state index contributed by atoms with van der Waals surface area (Å²) in [6.45, 7) is 6.42. The molecule has 1 aromatic carbocycles. The summed E-state index contributed by atoms with van der Waals surface area (Å²) < 4.78 is 5.70. The maximum absolute atomic E-state index is 10.9. The first kappa shape index (κ1) is 15.3. The summed E-state index contributed by atoms with van der Waals surface area (Å²) in [6.07, 6.45) is 3.19. The predicted octanol–water partition coefficient (Wildman–Crippen LogP) is 4.00. The number of rotatable bonds is 7. The maximum Gasteiger partial charge on any atom is 0.331 e. The van der Waals surface area contributed by atoms with Crippen LogP contribution in [0.2, 0.25) is 0 Å². The van der Waals surface area contributed by atoms with Gasteiger partial charge in [-0.25, -0.2) is 4.79 Å². The van der Waals surface area contributed by atoms with Crippen molar-refractivity contribution < 1.29 is 14.6 Å². The molecule has 0 saturated heterocycles. The Bertz CT molecular complexity index is 449. The highest BCUT2D eigenvalue weighted by molar-refractivity contribution is 5.86. The van der Waals surface area contributed by atoms with Crippen LogP contribution in [-0.4, -0.2) is 17.7 Å². The molecular weight excluding hydrogens is 240 g/mol. The monoisotopic (exact) mass is 262 g/mol. The fourth-order valence-electron chi connectivity index (χ4n) is 1.85. The van der Waals surface area contributed by atoms with Crippen LogP contribution in [0, 0.1) is 0 Å². The number of carbonyl (C=O) groups is 1. The van der Waals surface area contributed by atoms with Gasteiger partial charge in [0, 0.05) is 5.57 Å². The third-order valence-electron chi connectivity index (χ3n) is 3.29. The minimum atomic E-state index is -0.874. The van der Waals surface area contributed by atoms with Crippen LogP contribution in [0.1, 0.15) is 45.1 Å². The molecule has 1 unspecified atom stereocenters. The lowest BCUT2D eigenvalue weighted by atomic mass is 9.98. The highest BCUT2D eigenvalue weighted by Crippen LogP contribution is 2.28. The van der Waals surface area contributed by atoms with Crippen molar-refractivity contribution in [1.82, 2.24) is 0 Å². The molecule has 0 bridgehead atoms. The van der Waals surface area contributed by atoms with Crippen LogP contribution >= 0.6 is 0 Å². The van der Waals surface area contributed by atoms with E-state index >= 15 is 0 Å². The molecule has 0 heterocycles. The van der Waals surface area contributed by atoms with Crippen molar-refractivity contribution in [3.05, 3.63) is 41.5 Å². The van der Waals surface area contributed by atoms with E-state index in [0.717, 1.165) is 12.2 Å². The third-order valence-corrected chi connectivity index (χ3v) is 3.29. The molecule has 0 saturated carbocycles. The lowest BCUT2D eigenvalue weighted by molar-refractivity contribution is -0.132. The Morgan fingerprint density at radius 2 is 2.05 bits per heavy atom. The van der Waals surface area contributed by atoms with Crippen LogP contribution < -0.4 is 4.74 Å². The Kier molecular flexibility index (Phi) is 6.13. The van der Waals surface area contributed by atoms with E-state index in [4.69, 9.17) is 9.84 Å². The number of carboxylic acids is 1. The Hall–Kier alpha value is -1.77. The summed E-state index contributed by atoms with van der Waals surface area (Å²) >= 11 is 0. The van der Waals surface area contributed by atoms with Crippen molar-refractivity contribution in [2.75, 3.05) is 6.61 Å². The van der Waals surface area contributed by atoms with Crippen molar-refractivity contribution in [3.8, 4) is 5.75 Å². The molecule has 3 nitrogen and oxygen atoms in total. The number of aliphatic carboxylic acids is 1. The van der Waals surface area contributed by atoms with Crippen molar-refractivity contribution in [2.24, 2.45) is 0 Å². The predicted molar refractivity (Wildman–Crippen MR) is 76.7 cm³/mol. The lowest BCUT2D eigenvalue weighted by Gasteiger charge is -2.14. The summed E-state index contributed by atoms with van der Waals surface area (Å²) in [7, 11) is 0. The molecule has 0 spiro atoms. The Morgan fingerprint density at radius 3 is 2.63 bits per heavy atom. The highest BCUT2D eigenvalue weighted by atomic mass is 16.5. The van der Waals surface area contributed by atoms with Gasteiger partial charge in [0.15, 0.2) is 0 Å². The van der Waals surface area contributed by atoms with Crippen molar-refractivity contribution in [3.63, 3.8) is 0 Å². The standard InChI is InChI=1S/C16H22O3/c1-4-12(3)14-8-6-7-9-15(14)19-11-10-13(5-2)16(17)18/h6-10,12H,4-5,11H2,1-3H3,(H,17,18). The van der Waals surface area contributed by atoms with Crippen LogP contribution in [0.3, 0.4) is 0 Å². The molecular formula is C16H22O3. The molecule has 1 atom stereocenters. The number of para-hydroxylation sites is 1. The van der Waals surface area contributed by atoms with Gasteiger partial charge in [-0.15, -0.1) is 0 Å². The van der Waals surface area contributed by atoms with Crippen molar-refractivity contribution in [2.45, 2.75) is 39.5 Å². The third kappa shape index (κ3) is 4.43. The van der Waals surface area contributed by atoms with E-state index in [1.165, 1.54) is 5.56 Å². The van der Waals surface area contributed by atoms with Crippen LogP contribution in [0.25, 0.3) is 0 Å². The average Bonchev–Trinajstić information content (AvgIpc) is 2.42. The van der Waals surface area contributed by atoms with Crippen LogP contribution in [0.15, 0.2) is 35.9 Å². The molecule has 0 aliphatic heterocycles. The molecule has 3 heteroatoms. The Morgan fingerprint density at radius 1 is 1.37 bits per heavy atom.